The summed E-state index contributed by atoms with van der Waals surface area (Å²) in [5, 5.41) is 14.4. The van der Waals surface area contributed by atoms with E-state index in [1.807, 2.05) is 78.5 Å². The van der Waals surface area contributed by atoms with Crippen molar-refractivity contribution in [2.45, 2.75) is 18.2 Å². The summed E-state index contributed by atoms with van der Waals surface area (Å²) in [7, 11) is 3.47. The zero-order chi connectivity index (χ0) is 23.2. The molecule has 0 aliphatic carbocycles. The number of amides is 1. The summed E-state index contributed by atoms with van der Waals surface area (Å²) in [5.74, 6) is 2.09. The van der Waals surface area contributed by atoms with Crippen molar-refractivity contribution in [3.63, 3.8) is 0 Å². The summed E-state index contributed by atoms with van der Waals surface area (Å²) < 4.78 is 13.0. The minimum absolute atomic E-state index is 0.154. The van der Waals surface area contributed by atoms with E-state index in [0.717, 1.165) is 17.0 Å². The fourth-order valence-corrected chi connectivity index (χ4v) is 4.55. The van der Waals surface area contributed by atoms with Crippen molar-refractivity contribution >= 4 is 34.1 Å². The normalized spacial score (nSPS) is 11.7. The molecule has 2 aromatic carbocycles. The molecular formula is C23H23N5O3S2. The summed E-state index contributed by atoms with van der Waals surface area (Å²) in [4.78, 5) is 16.9. The van der Waals surface area contributed by atoms with Crippen molar-refractivity contribution in [2.75, 3.05) is 18.2 Å². The van der Waals surface area contributed by atoms with Gasteiger partial charge in [-0.3, -0.25) is 4.79 Å². The summed E-state index contributed by atoms with van der Waals surface area (Å²) in [6, 6.07) is 17.2. The highest BCUT2D eigenvalue weighted by atomic mass is 32.2. The first kappa shape index (κ1) is 22.8. The lowest BCUT2D eigenvalue weighted by molar-refractivity contribution is -0.113. The number of rotatable bonds is 9. The first-order valence-electron chi connectivity index (χ1n) is 10.2. The Morgan fingerprint density at radius 2 is 1.94 bits per heavy atom. The largest absolute Gasteiger partial charge is 0.497 e. The second kappa shape index (κ2) is 10.5. The fraction of sp³-hybridized carbons (Fsp3) is 0.217. The number of anilines is 1. The maximum absolute atomic E-state index is 12.4. The SMILES string of the molecule is COc1cccc(OC(C)c2nnc(SCC(=O)Nc3nc(-c4ccccc4)cs3)n2C)c1. The van der Waals surface area contributed by atoms with Gasteiger partial charge in [0.1, 0.15) is 11.5 Å². The highest BCUT2D eigenvalue weighted by molar-refractivity contribution is 7.99. The van der Waals surface area contributed by atoms with Crippen LogP contribution in [0.25, 0.3) is 11.3 Å². The van der Waals surface area contributed by atoms with Gasteiger partial charge in [0.2, 0.25) is 5.91 Å². The molecule has 0 bridgehead atoms. The zero-order valence-electron chi connectivity index (χ0n) is 18.4. The number of benzene rings is 2. The van der Waals surface area contributed by atoms with Crippen LogP contribution in [-0.4, -0.2) is 38.5 Å². The van der Waals surface area contributed by atoms with Crippen LogP contribution in [0.15, 0.2) is 65.1 Å². The monoisotopic (exact) mass is 481 g/mol. The molecule has 1 amide bonds. The second-order valence-electron chi connectivity index (χ2n) is 7.08. The lowest BCUT2D eigenvalue weighted by Gasteiger charge is -2.14. The maximum Gasteiger partial charge on any atom is 0.236 e. The minimum Gasteiger partial charge on any atom is -0.497 e. The molecule has 0 spiro atoms. The van der Waals surface area contributed by atoms with Gasteiger partial charge in [0.15, 0.2) is 22.2 Å². The topological polar surface area (TPSA) is 91.2 Å². The van der Waals surface area contributed by atoms with Crippen molar-refractivity contribution in [2.24, 2.45) is 7.05 Å². The van der Waals surface area contributed by atoms with Gasteiger partial charge in [-0.15, -0.1) is 21.5 Å². The minimum atomic E-state index is -0.329. The zero-order valence-corrected chi connectivity index (χ0v) is 20.0. The number of ether oxygens (including phenoxy) is 2. The number of hydrogen-bond acceptors (Lipinski definition) is 8. The number of methoxy groups -OCH3 is 1. The molecule has 1 unspecified atom stereocenters. The number of thiazole rings is 1. The Morgan fingerprint density at radius 3 is 2.73 bits per heavy atom. The van der Waals surface area contributed by atoms with Crippen LogP contribution in [0.4, 0.5) is 5.13 Å². The quantitative estimate of drug-likeness (QED) is 0.343. The lowest BCUT2D eigenvalue weighted by atomic mass is 10.2. The van der Waals surface area contributed by atoms with E-state index in [2.05, 4.69) is 20.5 Å². The Labute approximate surface area is 200 Å². The molecule has 1 atom stereocenters. The predicted molar refractivity (Wildman–Crippen MR) is 130 cm³/mol. The van der Waals surface area contributed by atoms with E-state index >= 15 is 0 Å². The molecule has 8 nitrogen and oxygen atoms in total. The fourth-order valence-electron chi connectivity index (χ4n) is 3.10. The molecule has 0 radical (unpaired) electrons. The Hall–Kier alpha value is -3.37. The number of aromatic nitrogens is 4. The lowest BCUT2D eigenvalue weighted by Crippen LogP contribution is -2.14. The molecule has 33 heavy (non-hydrogen) atoms. The molecule has 0 aliphatic rings. The second-order valence-corrected chi connectivity index (χ2v) is 8.88. The summed E-state index contributed by atoms with van der Waals surface area (Å²) in [6.45, 7) is 1.90. The van der Waals surface area contributed by atoms with Gasteiger partial charge in [-0.1, -0.05) is 48.2 Å². The van der Waals surface area contributed by atoms with Crippen LogP contribution in [0.1, 0.15) is 18.9 Å². The van der Waals surface area contributed by atoms with Crippen LogP contribution in [0.3, 0.4) is 0 Å². The predicted octanol–water partition coefficient (Wildman–Crippen LogP) is 4.82. The van der Waals surface area contributed by atoms with Gasteiger partial charge < -0.3 is 19.4 Å². The third-order valence-corrected chi connectivity index (χ3v) is 6.52. The molecule has 2 aromatic heterocycles. The Kier molecular flexibility index (Phi) is 7.26. The molecule has 170 valence electrons. The van der Waals surface area contributed by atoms with Crippen LogP contribution in [0.2, 0.25) is 0 Å². The highest BCUT2D eigenvalue weighted by Gasteiger charge is 2.18. The van der Waals surface area contributed by atoms with Crippen molar-refractivity contribution in [1.29, 1.82) is 0 Å². The van der Waals surface area contributed by atoms with Crippen LogP contribution < -0.4 is 14.8 Å². The van der Waals surface area contributed by atoms with E-state index in [4.69, 9.17) is 9.47 Å². The van der Waals surface area contributed by atoms with Crippen molar-refractivity contribution in [3.05, 3.63) is 65.8 Å². The van der Waals surface area contributed by atoms with Crippen molar-refractivity contribution < 1.29 is 14.3 Å². The molecule has 4 rings (SSSR count). The molecule has 4 aromatic rings. The maximum atomic E-state index is 12.4. The van der Waals surface area contributed by atoms with Gasteiger partial charge in [-0.05, 0) is 19.1 Å². The standard InChI is InChI=1S/C23H23N5O3S2/c1-15(31-18-11-7-10-17(12-18)30-3)21-26-27-23(28(21)2)33-14-20(29)25-22-24-19(13-32-22)16-8-5-4-6-9-16/h4-13,15H,14H2,1-3H3,(H,24,25,29). The molecule has 0 saturated carbocycles. The van der Waals surface area contributed by atoms with Gasteiger partial charge in [-0.2, -0.15) is 0 Å². The van der Waals surface area contributed by atoms with Crippen LogP contribution >= 0.6 is 23.1 Å². The molecule has 1 N–H and O–H groups in total. The average molecular weight is 482 g/mol. The summed E-state index contributed by atoms with van der Waals surface area (Å²) in [5.41, 5.74) is 1.85. The molecule has 0 fully saturated rings. The average Bonchev–Trinajstić information content (AvgIpc) is 3.45. The molecule has 10 heteroatoms. The number of nitrogens with zero attached hydrogens (tertiary/aromatic N) is 4. The van der Waals surface area contributed by atoms with E-state index in [1.54, 1.807) is 7.11 Å². The molecule has 0 aliphatic heterocycles. The third kappa shape index (κ3) is 5.71. The van der Waals surface area contributed by atoms with E-state index in [-0.39, 0.29) is 17.8 Å². The van der Waals surface area contributed by atoms with E-state index < -0.39 is 0 Å². The van der Waals surface area contributed by atoms with Crippen LogP contribution in [0.5, 0.6) is 11.5 Å². The first-order chi connectivity index (χ1) is 16.0. The molecule has 2 heterocycles. The van der Waals surface area contributed by atoms with Crippen molar-refractivity contribution in [3.8, 4) is 22.8 Å². The van der Waals surface area contributed by atoms with E-state index in [0.29, 0.717) is 21.9 Å². The smallest absolute Gasteiger partial charge is 0.236 e. The van der Waals surface area contributed by atoms with Gasteiger partial charge in [0, 0.05) is 24.1 Å². The Balaban J connectivity index is 1.32. The number of nitrogens with one attached hydrogen (secondary N) is 1. The third-order valence-electron chi connectivity index (χ3n) is 4.74. The Morgan fingerprint density at radius 1 is 1.15 bits per heavy atom. The number of thioether (sulfide) groups is 1. The molecular weight excluding hydrogens is 458 g/mol. The van der Waals surface area contributed by atoms with Gasteiger partial charge >= 0.3 is 0 Å². The van der Waals surface area contributed by atoms with Crippen molar-refractivity contribution in [1.82, 2.24) is 19.7 Å². The summed E-state index contributed by atoms with van der Waals surface area (Å²) in [6.07, 6.45) is -0.329. The van der Waals surface area contributed by atoms with Gasteiger partial charge in [0.05, 0.1) is 18.6 Å². The number of hydrogen-bond donors (Lipinski definition) is 1. The van der Waals surface area contributed by atoms with E-state index in [1.165, 1.54) is 23.1 Å². The van der Waals surface area contributed by atoms with E-state index in [9.17, 15) is 4.79 Å². The number of carbonyl (C=O) groups is 1. The first-order valence-corrected chi connectivity index (χ1v) is 12.0. The summed E-state index contributed by atoms with van der Waals surface area (Å²) >= 11 is 2.70. The van der Waals surface area contributed by atoms with Gasteiger partial charge in [0.25, 0.3) is 0 Å². The number of carbonyl (C=O) groups excluding carboxylic acids is 1. The molecule has 0 saturated heterocycles. The Bertz CT molecular complexity index is 1230. The van der Waals surface area contributed by atoms with Crippen LogP contribution in [0, 0.1) is 0 Å². The van der Waals surface area contributed by atoms with Gasteiger partial charge in [-0.25, -0.2) is 4.98 Å². The highest BCUT2D eigenvalue weighted by Crippen LogP contribution is 2.27. The van der Waals surface area contributed by atoms with Crippen LogP contribution in [-0.2, 0) is 11.8 Å².